The number of ether oxygens (including phenoxy) is 1. The van der Waals surface area contributed by atoms with E-state index in [2.05, 4.69) is 20.0 Å². The van der Waals surface area contributed by atoms with E-state index >= 15 is 0 Å². The van der Waals surface area contributed by atoms with Gasteiger partial charge in [-0.1, -0.05) is 0 Å². The van der Waals surface area contributed by atoms with Crippen LogP contribution in [-0.2, 0) is 9.53 Å². The molecule has 0 aliphatic rings. The SMILES string of the molecule is COC(=O)c1cncc(NC(C)(C)CC(N)=O)n1. The summed E-state index contributed by atoms with van der Waals surface area (Å²) in [7, 11) is 1.27. The van der Waals surface area contributed by atoms with E-state index < -0.39 is 17.4 Å². The van der Waals surface area contributed by atoms with Crippen molar-refractivity contribution in [3.63, 3.8) is 0 Å². The lowest BCUT2D eigenvalue weighted by Crippen LogP contribution is -2.36. The van der Waals surface area contributed by atoms with Crippen molar-refractivity contribution in [1.82, 2.24) is 9.97 Å². The second-order valence-electron chi connectivity index (χ2n) is 4.43. The number of nitrogens with zero attached hydrogens (tertiary/aromatic N) is 2. The maximum Gasteiger partial charge on any atom is 0.358 e. The van der Waals surface area contributed by atoms with Crippen LogP contribution in [0.5, 0.6) is 0 Å². The number of rotatable bonds is 5. The highest BCUT2D eigenvalue weighted by atomic mass is 16.5. The second-order valence-corrected chi connectivity index (χ2v) is 4.43. The Morgan fingerprint density at radius 1 is 1.44 bits per heavy atom. The van der Waals surface area contributed by atoms with Gasteiger partial charge in [0.2, 0.25) is 5.91 Å². The fourth-order valence-corrected chi connectivity index (χ4v) is 1.46. The molecule has 0 saturated heterocycles. The number of carbonyl (C=O) groups excluding carboxylic acids is 2. The summed E-state index contributed by atoms with van der Waals surface area (Å²) in [6.07, 6.45) is 2.89. The molecular weight excluding hydrogens is 236 g/mol. The molecule has 0 aromatic carbocycles. The van der Waals surface area contributed by atoms with E-state index in [0.29, 0.717) is 5.82 Å². The Labute approximate surface area is 105 Å². The Kier molecular flexibility index (Phi) is 4.19. The summed E-state index contributed by atoms with van der Waals surface area (Å²) in [5.41, 5.74) is 4.66. The van der Waals surface area contributed by atoms with Crippen molar-refractivity contribution in [2.45, 2.75) is 25.8 Å². The zero-order valence-electron chi connectivity index (χ0n) is 10.6. The summed E-state index contributed by atoms with van der Waals surface area (Å²) in [4.78, 5) is 30.1. The van der Waals surface area contributed by atoms with E-state index in [1.54, 1.807) is 13.8 Å². The van der Waals surface area contributed by atoms with E-state index in [1.807, 2.05) is 0 Å². The summed E-state index contributed by atoms with van der Waals surface area (Å²) in [5, 5.41) is 2.99. The third-order valence-electron chi connectivity index (χ3n) is 2.11. The number of primary amides is 1. The molecular formula is C11H16N4O3. The summed E-state index contributed by atoms with van der Waals surface area (Å²) >= 11 is 0. The van der Waals surface area contributed by atoms with Crippen LogP contribution in [0.15, 0.2) is 12.4 Å². The minimum Gasteiger partial charge on any atom is -0.464 e. The molecule has 0 bridgehead atoms. The van der Waals surface area contributed by atoms with Crippen LogP contribution in [0.3, 0.4) is 0 Å². The Balaban J connectivity index is 2.85. The monoisotopic (exact) mass is 252 g/mol. The quantitative estimate of drug-likeness (QED) is 0.731. The molecule has 0 unspecified atom stereocenters. The van der Waals surface area contributed by atoms with Gasteiger partial charge in [0.05, 0.1) is 19.5 Å². The summed E-state index contributed by atoms with van der Waals surface area (Å²) in [6, 6.07) is 0. The van der Waals surface area contributed by atoms with Gasteiger partial charge in [0, 0.05) is 12.0 Å². The summed E-state index contributed by atoms with van der Waals surface area (Å²) in [6.45, 7) is 3.59. The number of nitrogens with two attached hydrogens (primary N) is 1. The number of methoxy groups -OCH3 is 1. The molecule has 7 nitrogen and oxygen atoms in total. The molecule has 0 aliphatic carbocycles. The average molecular weight is 252 g/mol. The van der Waals surface area contributed by atoms with Gasteiger partial charge in [-0.05, 0) is 13.8 Å². The first-order valence-corrected chi connectivity index (χ1v) is 5.31. The molecule has 1 aromatic heterocycles. The van der Waals surface area contributed by atoms with Gasteiger partial charge in [0.25, 0.3) is 0 Å². The summed E-state index contributed by atoms with van der Waals surface area (Å²) in [5.74, 6) is -0.618. The predicted molar refractivity (Wildman–Crippen MR) is 64.9 cm³/mol. The number of anilines is 1. The molecule has 0 aliphatic heterocycles. The molecule has 98 valence electrons. The number of nitrogens with one attached hydrogen (secondary N) is 1. The molecule has 0 fully saturated rings. The van der Waals surface area contributed by atoms with Crippen LogP contribution < -0.4 is 11.1 Å². The smallest absolute Gasteiger partial charge is 0.358 e. The van der Waals surface area contributed by atoms with E-state index in [1.165, 1.54) is 19.5 Å². The van der Waals surface area contributed by atoms with Gasteiger partial charge in [0.1, 0.15) is 5.82 Å². The first kappa shape index (κ1) is 13.9. The minimum absolute atomic E-state index is 0.0948. The predicted octanol–water partition coefficient (Wildman–Crippen LogP) is 0.329. The van der Waals surface area contributed by atoms with Gasteiger partial charge in [-0.25, -0.2) is 9.78 Å². The lowest BCUT2D eigenvalue weighted by molar-refractivity contribution is -0.118. The zero-order valence-corrected chi connectivity index (χ0v) is 10.6. The molecule has 1 amide bonds. The molecule has 3 N–H and O–H groups in total. The van der Waals surface area contributed by atoms with Crippen molar-refractivity contribution in [1.29, 1.82) is 0 Å². The third kappa shape index (κ3) is 4.00. The highest BCUT2D eigenvalue weighted by molar-refractivity contribution is 5.87. The number of esters is 1. The molecule has 0 spiro atoms. The maximum absolute atomic E-state index is 11.3. The largest absolute Gasteiger partial charge is 0.464 e. The topological polar surface area (TPSA) is 107 Å². The highest BCUT2D eigenvalue weighted by Gasteiger charge is 2.21. The first-order chi connectivity index (χ1) is 8.34. The van der Waals surface area contributed by atoms with E-state index in [0.717, 1.165) is 0 Å². The van der Waals surface area contributed by atoms with Crippen LogP contribution in [0.2, 0.25) is 0 Å². The van der Waals surface area contributed by atoms with Crippen LogP contribution in [-0.4, -0.2) is 34.5 Å². The lowest BCUT2D eigenvalue weighted by Gasteiger charge is -2.25. The van der Waals surface area contributed by atoms with Crippen LogP contribution in [0, 0.1) is 0 Å². The van der Waals surface area contributed by atoms with Crippen molar-refractivity contribution >= 4 is 17.7 Å². The van der Waals surface area contributed by atoms with Crippen molar-refractivity contribution in [3.8, 4) is 0 Å². The highest BCUT2D eigenvalue weighted by Crippen LogP contribution is 2.15. The Morgan fingerprint density at radius 2 is 2.11 bits per heavy atom. The molecule has 0 atom stereocenters. The average Bonchev–Trinajstić information content (AvgIpc) is 2.25. The molecule has 0 radical (unpaired) electrons. The molecule has 1 rings (SSSR count). The van der Waals surface area contributed by atoms with Gasteiger partial charge in [-0.3, -0.25) is 9.78 Å². The molecule has 1 heterocycles. The minimum atomic E-state index is -0.574. The summed E-state index contributed by atoms with van der Waals surface area (Å²) < 4.78 is 4.54. The van der Waals surface area contributed by atoms with Crippen molar-refractivity contribution < 1.29 is 14.3 Å². The van der Waals surface area contributed by atoms with Gasteiger partial charge in [-0.2, -0.15) is 0 Å². The van der Waals surface area contributed by atoms with E-state index in [-0.39, 0.29) is 12.1 Å². The molecule has 1 aromatic rings. The first-order valence-electron chi connectivity index (χ1n) is 5.31. The Hall–Kier alpha value is -2.18. The molecule has 0 saturated carbocycles. The van der Waals surface area contributed by atoms with Gasteiger partial charge in [0.15, 0.2) is 5.69 Å². The Bertz CT molecular complexity index is 459. The van der Waals surface area contributed by atoms with E-state index in [4.69, 9.17) is 5.73 Å². The van der Waals surface area contributed by atoms with E-state index in [9.17, 15) is 9.59 Å². The Morgan fingerprint density at radius 3 is 2.67 bits per heavy atom. The second kappa shape index (κ2) is 5.44. The maximum atomic E-state index is 11.3. The van der Waals surface area contributed by atoms with Gasteiger partial charge in [-0.15, -0.1) is 0 Å². The standard InChI is InChI=1S/C11H16N4O3/c1-11(2,4-8(12)16)15-9-6-13-5-7(14-9)10(17)18-3/h5-6H,4H2,1-3H3,(H2,12,16)(H,14,15). The van der Waals surface area contributed by atoms with Crippen molar-refractivity contribution in [2.24, 2.45) is 5.73 Å². The lowest BCUT2D eigenvalue weighted by atomic mass is 10.0. The van der Waals surface area contributed by atoms with Crippen LogP contribution >= 0.6 is 0 Å². The van der Waals surface area contributed by atoms with Crippen LogP contribution in [0.1, 0.15) is 30.8 Å². The van der Waals surface area contributed by atoms with Gasteiger partial charge >= 0.3 is 5.97 Å². The fraction of sp³-hybridized carbons (Fsp3) is 0.455. The number of hydrogen-bond acceptors (Lipinski definition) is 6. The van der Waals surface area contributed by atoms with Crippen molar-refractivity contribution in [3.05, 3.63) is 18.1 Å². The molecule has 18 heavy (non-hydrogen) atoms. The number of amides is 1. The molecule has 7 heteroatoms. The fourth-order valence-electron chi connectivity index (χ4n) is 1.46. The number of hydrogen-bond donors (Lipinski definition) is 2. The van der Waals surface area contributed by atoms with Gasteiger partial charge < -0.3 is 15.8 Å². The van der Waals surface area contributed by atoms with Crippen LogP contribution in [0.4, 0.5) is 5.82 Å². The normalized spacial score (nSPS) is 10.8. The van der Waals surface area contributed by atoms with Crippen LogP contribution in [0.25, 0.3) is 0 Å². The number of aromatic nitrogens is 2. The third-order valence-corrected chi connectivity index (χ3v) is 2.11. The zero-order chi connectivity index (χ0) is 13.8. The number of carbonyl (C=O) groups is 2. The van der Waals surface area contributed by atoms with Crippen molar-refractivity contribution in [2.75, 3.05) is 12.4 Å².